The maximum atomic E-state index is 6.54. The van der Waals surface area contributed by atoms with Gasteiger partial charge in [0.25, 0.3) is 0 Å². The van der Waals surface area contributed by atoms with Gasteiger partial charge < -0.3 is 10.5 Å². The predicted octanol–water partition coefficient (Wildman–Crippen LogP) is 2.97. The van der Waals surface area contributed by atoms with Crippen molar-refractivity contribution in [3.8, 4) is 0 Å². The molecule has 1 aliphatic carbocycles. The summed E-state index contributed by atoms with van der Waals surface area (Å²) in [6, 6.07) is -0.00117. The van der Waals surface area contributed by atoms with Crippen molar-refractivity contribution in [1.82, 2.24) is 9.78 Å². The molecular formula is C14H24BrN3O. The summed E-state index contributed by atoms with van der Waals surface area (Å²) in [5.41, 5.74) is 8.15. The summed E-state index contributed by atoms with van der Waals surface area (Å²) in [7, 11) is 1.70. The number of methoxy groups -OCH3 is 1. The Bertz CT molecular complexity index is 453. The smallest absolute Gasteiger partial charge is 0.0697 e. The number of halogens is 1. The van der Waals surface area contributed by atoms with Gasteiger partial charge in [0.05, 0.1) is 35.6 Å². The first-order chi connectivity index (χ1) is 8.75. The van der Waals surface area contributed by atoms with Crippen molar-refractivity contribution >= 4 is 15.9 Å². The molecule has 0 amide bonds. The van der Waals surface area contributed by atoms with Crippen LogP contribution in [0.2, 0.25) is 0 Å². The van der Waals surface area contributed by atoms with Gasteiger partial charge in [-0.05, 0) is 32.7 Å². The van der Waals surface area contributed by atoms with E-state index in [9.17, 15) is 0 Å². The fourth-order valence-corrected chi connectivity index (χ4v) is 3.92. The van der Waals surface area contributed by atoms with Crippen LogP contribution in [0.5, 0.6) is 0 Å². The molecular weight excluding hydrogens is 306 g/mol. The molecule has 2 rings (SSSR count). The molecule has 1 unspecified atom stereocenters. The monoisotopic (exact) mass is 329 g/mol. The second kappa shape index (κ2) is 4.86. The van der Waals surface area contributed by atoms with E-state index in [-0.39, 0.29) is 16.9 Å². The molecule has 1 aromatic rings. The lowest BCUT2D eigenvalue weighted by Crippen LogP contribution is -2.22. The quantitative estimate of drug-likeness (QED) is 0.903. The van der Waals surface area contributed by atoms with E-state index < -0.39 is 0 Å². The molecule has 0 aliphatic heterocycles. The molecule has 0 saturated heterocycles. The Morgan fingerprint density at radius 1 is 1.42 bits per heavy atom. The summed E-state index contributed by atoms with van der Waals surface area (Å²) in [4.78, 5) is 0. The van der Waals surface area contributed by atoms with E-state index in [1.165, 1.54) is 0 Å². The van der Waals surface area contributed by atoms with Crippen molar-refractivity contribution in [3.63, 3.8) is 0 Å². The number of aromatic nitrogens is 2. The number of hydrogen-bond donors (Lipinski definition) is 1. The van der Waals surface area contributed by atoms with Crippen LogP contribution in [-0.4, -0.2) is 23.5 Å². The highest BCUT2D eigenvalue weighted by Crippen LogP contribution is 2.72. The summed E-state index contributed by atoms with van der Waals surface area (Å²) >= 11 is 3.58. The standard InChI is InChI=1S/C14H24BrN3O/c1-13(2)12(14(13,3)4)10(16)11-9(15)8-17-18(11)6-7-19-5/h8,10,12H,6-7,16H2,1-5H3. The number of rotatable bonds is 5. The first kappa shape index (κ1) is 15.0. The Balaban J connectivity index is 2.25. The van der Waals surface area contributed by atoms with Crippen LogP contribution in [0.3, 0.4) is 0 Å². The first-order valence-corrected chi connectivity index (χ1v) is 7.50. The van der Waals surface area contributed by atoms with E-state index in [2.05, 4.69) is 48.7 Å². The lowest BCUT2D eigenvalue weighted by molar-refractivity contribution is 0.181. The topological polar surface area (TPSA) is 53.1 Å². The predicted molar refractivity (Wildman–Crippen MR) is 79.8 cm³/mol. The molecule has 108 valence electrons. The van der Waals surface area contributed by atoms with Crippen LogP contribution >= 0.6 is 15.9 Å². The van der Waals surface area contributed by atoms with Crippen LogP contribution in [0.15, 0.2) is 10.7 Å². The zero-order valence-electron chi connectivity index (χ0n) is 12.4. The lowest BCUT2D eigenvalue weighted by Gasteiger charge is -2.17. The summed E-state index contributed by atoms with van der Waals surface area (Å²) in [5, 5.41) is 4.39. The molecule has 19 heavy (non-hydrogen) atoms. The highest BCUT2D eigenvalue weighted by atomic mass is 79.9. The minimum Gasteiger partial charge on any atom is -0.383 e. The highest BCUT2D eigenvalue weighted by molar-refractivity contribution is 9.10. The summed E-state index contributed by atoms with van der Waals surface area (Å²) in [6.07, 6.45) is 1.83. The summed E-state index contributed by atoms with van der Waals surface area (Å²) < 4.78 is 8.09. The van der Waals surface area contributed by atoms with Crippen LogP contribution in [0.25, 0.3) is 0 Å². The fourth-order valence-electron chi connectivity index (χ4n) is 3.36. The third-order valence-corrected chi connectivity index (χ3v) is 5.76. The van der Waals surface area contributed by atoms with Gasteiger partial charge >= 0.3 is 0 Å². The molecule has 1 fully saturated rings. The summed E-state index contributed by atoms with van der Waals surface area (Å²) in [5.74, 6) is 0.467. The largest absolute Gasteiger partial charge is 0.383 e. The molecule has 1 saturated carbocycles. The minimum absolute atomic E-state index is 0.00117. The van der Waals surface area contributed by atoms with E-state index in [0.29, 0.717) is 12.5 Å². The van der Waals surface area contributed by atoms with Gasteiger partial charge in [-0.3, -0.25) is 4.68 Å². The van der Waals surface area contributed by atoms with Gasteiger partial charge in [-0.2, -0.15) is 5.10 Å². The zero-order valence-corrected chi connectivity index (χ0v) is 14.0. The van der Waals surface area contributed by atoms with Crippen molar-refractivity contribution in [2.24, 2.45) is 22.5 Å². The van der Waals surface area contributed by atoms with Gasteiger partial charge in [0.1, 0.15) is 0 Å². The van der Waals surface area contributed by atoms with Crippen LogP contribution < -0.4 is 5.73 Å². The van der Waals surface area contributed by atoms with E-state index in [1.54, 1.807) is 7.11 Å². The van der Waals surface area contributed by atoms with Crippen molar-refractivity contribution in [3.05, 3.63) is 16.4 Å². The SMILES string of the molecule is COCCn1ncc(Br)c1C(N)C1C(C)(C)C1(C)C. The molecule has 0 radical (unpaired) electrons. The summed E-state index contributed by atoms with van der Waals surface area (Å²) in [6.45, 7) is 10.6. The molecule has 0 bridgehead atoms. The van der Waals surface area contributed by atoms with Gasteiger partial charge in [-0.15, -0.1) is 0 Å². The van der Waals surface area contributed by atoms with E-state index in [4.69, 9.17) is 10.5 Å². The van der Waals surface area contributed by atoms with Crippen molar-refractivity contribution in [2.45, 2.75) is 40.3 Å². The van der Waals surface area contributed by atoms with E-state index in [1.807, 2.05) is 10.9 Å². The zero-order chi connectivity index (χ0) is 14.4. The number of nitrogens with zero attached hydrogens (tertiary/aromatic N) is 2. The Morgan fingerprint density at radius 2 is 2.00 bits per heavy atom. The second-order valence-corrected chi connectivity index (χ2v) is 7.39. The molecule has 2 N–H and O–H groups in total. The van der Waals surface area contributed by atoms with Gasteiger partial charge in [0.15, 0.2) is 0 Å². The van der Waals surface area contributed by atoms with Gasteiger partial charge in [-0.25, -0.2) is 0 Å². The van der Waals surface area contributed by atoms with Crippen molar-refractivity contribution in [2.75, 3.05) is 13.7 Å². The highest BCUT2D eigenvalue weighted by Gasteiger charge is 2.67. The third-order valence-electron chi connectivity index (χ3n) is 5.15. The number of ether oxygens (including phenoxy) is 1. The molecule has 1 aliphatic rings. The third kappa shape index (κ3) is 2.26. The van der Waals surface area contributed by atoms with Gasteiger partial charge in [0, 0.05) is 7.11 Å². The first-order valence-electron chi connectivity index (χ1n) is 6.71. The lowest BCUT2D eigenvalue weighted by atomic mass is 10.0. The van der Waals surface area contributed by atoms with Crippen LogP contribution in [0.1, 0.15) is 39.4 Å². The molecule has 1 aromatic heterocycles. The van der Waals surface area contributed by atoms with Crippen LogP contribution in [-0.2, 0) is 11.3 Å². The number of hydrogen-bond acceptors (Lipinski definition) is 3. The Hall–Kier alpha value is -0.390. The minimum atomic E-state index is -0.00117. The van der Waals surface area contributed by atoms with Crippen LogP contribution in [0.4, 0.5) is 0 Å². The Kier molecular flexibility index (Phi) is 3.84. The average molecular weight is 330 g/mol. The molecule has 1 atom stereocenters. The maximum absolute atomic E-state index is 6.54. The average Bonchev–Trinajstić information content (AvgIpc) is 2.59. The fraction of sp³-hybridized carbons (Fsp3) is 0.786. The van der Waals surface area contributed by atoms with Gasteiger partial charge in [0.2, 0.25) is 0 Å². The maximum Gasteiger partial charge on any atom is 0.0697 e. The molecule has 5 heteroatoms. The molecule has 0 spiro atoms. The van der Waals surface area contributed by atoms with Crippen LogP contribution in [0, 0.1) is 16.7 Å². The second-order valence-electron chi connectivity index (χ2n) is 6.54. The Morgan fingerprint density at radius 3 is 2.47 bits per heavy atom. The number of nitrogens with two attached hydrogens (primary N) is 1. The normalized spacial score (nSPS) is 22.5. The molecule has 4 nitrogen and oxygen atoms in total. The van der Waals surface area contributed by atoms with E-state index >= 15 is 0 Å². The van der Waals surface area contributed by atoms with E-state index in [0.717, 1.165) is 16.7 Å². The van der Waals surface area contributed by atoms with Crippen molar-refractivity contribution < 1.29 is 4.74 Å². The van der Waals surface area contributed by atoms with Crippen molar-refractivity contribution in [1.29, 1.82) is 0 Å². The Labute approximate surface area is 123 Å². The molecule has 1 heterocycles. The van der Waals surface area contributed by atoms with Gasteiger partial charge in [-0.1, -0.05) is 27.7 Å². The molecule has 0 aromatic carbocycles.